The molecule has 2 atom stereocenters. The number of rotatable bonds is 3. The number of thiazole rings is 1. The van der Waals surface area contributed by atoms with Crippen molar-refractivity contribution < 1.29 is 0 Å². The fourth-order valence-corrected chi connectivity index (χ4v) is 3.38. The Morgan fingerprint density at radius 2 is 2.13 bits per heavy atom. The van der Waals surface area contributed by atoms with Crippen LogP contribution in [0.25, 0.3) is 0 Å². The van der Waals surface area contributed by atoms with Crippen molar-refractivity contribution in [1.29, 1.82) is 0 Å². The zero-order chi connectivity index (χ0) is 11.2. The van der Waals surface area contributed by atoms with Crippen molar-refractivity contribution in [3.05, 3.63) is 16.1 Å². The lowest BCUT2D eigenvalue weighted by atomic mass is 10.1. The average molecular weight is 225 g/mol. The monoisotopic (exact) mass is 225 g/mol. The fraction of sp³-hybridized carbons (Fsp3) is 0.727. The molecule has 0 bridgehead atoms. The summed E-state index contributed by atoms with van der Waals surface area (Å²) >= 11 is 1.81. The van der Waals surface area contributed by atoms with Crippen molar-refractivity contribution in [2.45, 2.75) is 32.4 Å². The molecule has 0 radical (unpaired) electrons. The second-order valence-electron chi connectivity index (χ2n) is 5.23. The minimum absolute atomic E-state index is 0.243. The Balaban J connectivity index is 2.09. The number of hydrogen-bond acceptors (Lipinski definition) is 4. The van der Waals surface area contributed by atoms with E-state index in [-0.39, 0.29) is 11.5 Å². The van der Waals surface area contributed by atoms with Crippen molar-refractivity contribution in [2.75, 3.05) is 14.1 Å². The second-order valence-corrected chi connectivity index (χ2v) is 6.37. The van der Waals surface area contributed by atoms with Gasteiger partial charge in [0.05, 0.1) is 5.01 Å². The largest absolute Gasteiger partial charge is 0.327 e. The molecule has 0 aliphatic heterocycles. The summed E-state index contributed by atoms with van der Waals surface area (Å²) in [4.78, 5) is 7.98. The van der Waals surface area contributed by atoms with Crippen LogP contribution in [-0.2, 0) is 6.54 Å². The van der Waals surface area contributed by atoms with Crippen LogP contribution in [0.15, 0.2) is 6.20 Å². The predicted molar refractivity (Wildman–Crippen MR) is 64.0 cm³/mol. The lowest BCUT2D eigenvalue weighted by Gasteiger charge is -2.05. The molecule has 0 saturated heterocycles. The molecule has 1 aromatic heterocycles. The lowest BCUT2D eigenvalue weighted by molar-refractivity contribution is 0.406. The van der Waals surface area contributed by atoms with Crippen LogP contribution >= 0.6 is 11.3 Å². The number of nitrogens with zero attached hydrogens (tertiary/aromatic N) is 2. The average Bonchev–Trinajstić information content (AvgIpc) is 2.46. The van der Waals surface area contributed by atoms with Gasteiger partial charge in [-0.1, -0.05) is 13.8 Å². The third kappa shape index (κ3) is 1.94. The van der Waals surface area contributed by atoms with Crippen molar-refractivity contribution >= 4 is 11.3 Å². The van der Waals surface area contributed by atoms with E-state index in [4.69, 9.17) is 5.73 Å². The van der Waals surface area contributed by atoms with E-state index in [9.17, 15) is 0 Å². The molecule has 1 aromatic rings. The van der Waals surface area contributed by atoms with Gasteiger partial charge in [0.1, 0.15) is 0 Å². The second kappa shape index (κ2) is 3.54. The molecule has 2 unspecified atom stereocenters. The number of nitrogens with two attached hydrogens (primary N) is 1. The summed E-state index contributed by atoms with van der Waals surface area (Å²) in [6.45, 7) is 5.41. The van der Waals surface area contributed by atoms with Gasteiger partial charge in [-0.05, 0) is 19.5 Å². The maximum atomic E-state index is 6.04. The molecule has 15 heavy (non-hydrogen) atoms. The molecule has 3 nitrogen and oxygen atoms in total. The van der Waals surface area contributed by atoms with E-state index < -0.39 is 0 Å². The van der Waals surface area contributed by atoms with E-state index in [1.54, 1.807) is 11.3 Å². The van der Waals surface area contributed by atoms with Gasteiger partial charge in [-0.15, -0.1) is 11.3 Å². The Bertz CT molecular complexity index is 356. The van der Waals surface area contributed by atoms with Crippen molar-refractivity contribution in [3.8, 4) is 0 Å². The molecule has 1 heterocycles. The van der Waals surface area contributed by atoms with Crippen LogP contribution in [-0.4, -0.2) is 30.0 Å². The molecule has 2 N–H and O–H groups in total. The molecule has 1 aliphatic rings. The Morgan fingerprint density at radius 1 is 1.53 bits per heavy atom. The highest BCUT2D eigenvalue weighted by molar-refractivity contribution is 7.11. The highest BCUT2D eigenvalue weighted by Gasteiger charge is 2.57. The molecule has 2 rings (SSSR count). The molecule has 0 amide bonds. The highest BCUT2D eigenvalue weighted by Crippen LogP contribution is 2.57. The number of hydrogen-bond donors (Lipinski definition) is 1. The first kappa shape index (κ1) is 11.0. The Morgan fingerprint density at radius 3 is 2.60 bits per heavy atom. The third-order valence-electron chi connectivity index (χ3n) is 3.22. The van der Waals surface area contributed by atoms with E-state index in [0.717, 1.165) is 6.54 Å². The van der Waals surface area contributed by atoms with Gasteiger partial charge < -0.3 is 10.6 Å². The van der Waals surface area contributed by atoms with Crippen molar-refractivity contribution in [2.24, 2.45) is 11.1 Å². The molecule has 1 aliphatic carbocycles. The van der Waals surface area contributed by atoms with Gasteiger partial charge in [0, 0.05) is 29.6 Å². The summed E-state index contributed by atoms with van der Waals surface area (Å²) in [6.07, 6.45) is 1.99. The molecule has 4 heteroatoms. The Labute approximate surface area is 95.3 Å². The summed E-state index contributed by atoms with van der Waals surface area (Å²) in [6, 6.07) is 0.288. The van der Waals surface area contributed by atoms with Crippen LogP contribution in [0, 0.1) is 5.41 Å². The summed E-state index contributed by atoms with van der Waals surface area (Å²) in [5, 5.41) is 1.21. The molecular formula is C11H19N3S. The molecule has 84 valence electrons. The van der Waals surface area contributed by atoms with Gasteiger partial charge in [0.25, 0.3) is 0 Å². The number of aromatic nitrogens is 1. The van der Waals surface area contributed by atoms with Gasteiger partial charge in [0.2, 0.25) is 0 Å². The first-order chi connectivity index (χ1) is 6.93. The zero-order valence-electron chi connectivity index (χ0n) is 9.82. The highest BCUT2D eigenvalue weighted by atomic mass is 32.1. The minimum Gasteiger partial charge on any atom is -0.327 e. The van der Waals surface area contributed by atoms with Crippen LogP contribution in [0.5, 0.6) is 0 Å². The predicted octanol–water partition coefficient (Wildman–Crippen LogP) is 1.66. The normalized spacial score (nSPS) is 28.4. The molecule has 0 aromatic carbocycles. The van der Waals surface area contributed by atoms with Crippen molar-refractivity contribution in [1.82, 2.24) is 9.88 Å². The smallest absolute Gasteiger partial charge is 0.0980 e. The van der Waals surface area contributed by atoms with Gasteiger partial charge in [-0.25, -0.2) is 4.98 Å². The first-order valence-corrected chi connectivity index (χ1v) is 6.09. The standard InChI is InChI=1S/C11H19N3S/c1-11(2)8(9(11)12)10-13-5-7(15-10)6-14(3)4/h5,8-9H,6,12H2,1-4H3. The van der Waals surface area contributed by atoms with Gasteiger partial charge >= 0.3 is 0 Å². The molecule has 1 saturated carbocycles. The topological polar surface area (TPSA) is 42.2 Å². The summed E-state index contributed by atoms with van der Waals surface area (Å²) in [7, 11) is 4.15. The Kier molecular flexibility index (Phi) is 2.61. The summed E-state index contributed by atoms with van der Waals surface area (Å²) < 4.78 is 0. The van der Waals surface area contributed by atoms with E-state index in [1.165, 1.54) is 9.88 Å². The van der Waals surface area contributed by atoms with Crippen LogP contribution in [0.4, 0.5) is 0 Å². The summed E-state index contributed by atoms with van der Waals surface area (Å²) in [5.41, 5.74) is 6.29. The Hall–Kier alpha value is -0.450. The molecule has 0 spiro atoms. The van der Waals surface area contributed by atoms with Crippen LogP contribution in [0.3, 0.4) is 0 Å². The first-order valence-electron chi connectivity index (χ1n) is 5.28. The van der Waals surface area contributed by atoms with E-state index in [0.29, 0.717) is 5.92 Å². The van der Waals surface area contributed by atoms with E-state index in [1.807, 2.05) is 6.20 Å². The maximum Gasteiger partial charge on any atom is 0.0980 e. The molecule has 1 fully saturated rings. The SMILES string of the molecule is CN(C)Cc1cnc(C2C(N)C2(C)C)s1. The van der Waals surface area contributed by atoms with Gasteiger partial charge in [-0.3, -0.25) is 0 Å². The van der Waals surface area contributed by atoms with Gasteiger partial charge in [0.15, 0.2) is 0 Å². The van der Waals surface area contributed by atoms with E-state index >= 15 is 0 Å². The minimum atomic E-state index is 0.243. The van der Waals surface area contributed by atoms with E-state index in [2.05, 4.69) is 37.8 Å². The van der Waals surface area contributed by atoms with Crippen molar-refractivity contribution in [3.63, 3.8) is 0 Å². The van der Waals surface area contributed by atoms with Crippen LogP contribution in [0.1, 0.15) is 29.7 Å². The van der Waals surface area contributed by atoms with Crippen LogP contribution < -0.4 is 5.73 Å². The third-order valence-corrected chi connectivity index (χ3v) is 4.29. The van der Waals surface area contributed by atoms with Crippen LogP contribution in [0.2, 0.25) is 0 Å². The quantitative estimate of drug-likeness (QED) is 0.850. The van der Waals surface area contributed by atoms with Gasteiger partial charge in [-0.2, -0.15) is 0 Å². The maximum absolute atomic E-state index is 6.04. The summed E-state index contributed by atoms with van der Waals surface area (Å²) in [5.74, 6) is 0.471. The fourth-order valence-electron chi connectivity index (χ4n) is 2.00. The molecular weight excluding hydrogens is 206 g/mol. The zero-order valence-corrected chi connectivity index (χ0v) is 10.6. The lowest BCUT2D eigenvalue weighted by Crippen LogP contribution is -2.09.